The topological polar surface area (TPSA) is 32.3 Å². The second kappa shape index (κ2) is 5.69. The lowest BCUT2D eigenvalue weighted by molar-refractivity contribution is 0.186. The maximum absolute atomic E-state index is 8.91. The zero-order valence-corrected chi connectivity index (χ0v) is 7.22. The fourth-order valence-corrected chi connectivity index (χ4v) is 0.907. The van der Waals surface area contributed by atoms with Crippen LogP contribution in [0.4, 0.5) is 0 Å². The largest absolute Gasteiger partial charge is 0.392 e. The lowest BCUT2D eigenvalue weighted by Gasteiger charge is -2.13. The van der Waals surface area contributed by atoms with Crippen LogP contribution in [-0.2, 0) is 0 Å². The lowest BCUT2D eigenvalue weighted by Crippen LogP contribution is -2.32. The van der Waals surface area contributed by atoms with Gasteiger partial charge in [0, 0.05) is 12.6 Å². The first-order valence-electron chi connectivity index (χ1n) is 4.08. The molecule has 2 nitrogen and oxygen atoms in total. The van der Waals surface area contributed by atoms with Crippen LogP contribution >= 0.6 is 0 Å². The summed E-state index contributed by atoms with van der Waals surface area (Å²) in [6, 6.07) is 0.541. The summed E-state index contributed by atoms with van der Waals surface area (Å²) in [4.78, 5) is 0. The van der Waals surface area contributed by atoms with E-state index in [1.165, 1.54) is 12.8 Å². The van der Waals surface area contributed by atoms with Crippen molar-refractivity contribution in [1.29, 1.82) is 0 Å². The van der Waals surface area contributed by atoms with Crippen molar-refractivity contribution in [2.24, 2.45) is 0 Å². The Hall–Kier alpha value is -0.0800. The summed E-state index contributed by atoms with van der Waals surface area (Å²) >= 11 is 0. The average molecular weight is 145 g/mol. The summed E-state index contributed by atoms with van der Waals surface area (Å²) in [6.45, 7) is 6.82. The van der Waals surface area contributed by atoms with Crippen LogP contribution in [0.5, 0.6) is 0 Å². The highest BCUT2D eigenvalue weighted by molar-refractivity contribution is 4.61. The van der Waals surface area contributed by atoms with Gasteiger partial charge >= 0.3 is 0 Å². The molecule has 0 saturated carbocycles. The molecule has 2 N–H and O–H groups in total. The van der Waals surface area contributed by atoms with E-state index in [0.29, 0.717) is 12.6 Å². The third-order valence-corrected chi connectivity index (χ3v) is 1.48. The molecule has 0 aliphatic heterocycles. The number of nitrogens with one attached hydrogen (secondary N) is 1. The summed E-state index contributed by atoms with van der Waals surface area (Å²) in [5, 5.41) is 12.1. The minimum absolute atomic E-state index is 0.223. The van der Waals surface area contributed by atoms with Crippen molar-refractivity contribution in [2.75, 3.05) is 6.54 Å². The summed E-state index contributed by atoms with van der Waals surface area (Å²) < 4.78 is 0. The van der Waals surface area contributed by atoms with Crippen LogP contribution < -0.4 is 5.32 Å². The number of rotatable bonds is 5. The van der Waals surface area contributed by atoms with Gasteiger partial charge in [-0.25, -0.2) is 0 Å². The standard InChI is InChI=1S/C8H19NO/c1-4-5-7(2)9-6-8(3)10/h7-10H,4-6H2,1-3H3/t7?,8-/m0/s1. The van der Waals surface area contributed by atoms with E-state index in [9.17, 15) is 0 Å². The lowest BCUT2D eigenvalue weighted by atomic mass is 10.2. The molecule has 2 heteroatoms. The third-order valence-electron chi connectivity index (χ3n) is 1.48. The minimum atomic E-state index is -0.223. The van der Waals surface area contributed by atoms with Crippen molar-refractivity contribution in [1.82, 2.24) is 5.32 Å². The van der Waals surface area contributed by atoms with Gasteiger partial charge < -0.3 is 10.4 Å². The monoisotopic (exact) mass is 145 g/mol. The minimum Gasteiger partial charge on any atom is -0.392 e. The quantitative estimate of drug-likeness (QED) is 0.608. The van der Waals surface area contributed by atoms with Crippen molar-refractivity contribution in [3.63, 3.8) is 0 Å². The zero-order valence-electron chi connectivity index (χ0n) is 7.22. The van der Waals surface area contributed by atoms with Gasteiger partial charge in [0.25, 0.3) is 0 Å². The molecule has 0 aliphatic rings. The van der Waals surface area contributed by atoms with Gasteiger partial charge in [0.15, 0.2) is 0 Å². The van der Waals surface area contributed by atoms with Crippen molar-refractivity contribution in [3.8, 4) is 0 Å². The van der Waals surface area contributed by atoms with Crippen LogP contribution in [0.2, 0.25) is 0 Å². The molecule has 2 atom stereocenters. The van der Waals surface area contributed by atoms with Gasteiger partial charge in [-0.2, -0.15) is 0 Å². The van der Waals surface area contributed by atoms with Crippen molar-refractivity contribution < 1.29 is 5.11 Å². The van der Waals surface area contributed by atoms with Crippen molar-refractivity contribution >= 4 is 0 Å². The van der Waals surface area contributed by atoms with Gasteiger partial charge in [0.05, 0.1) is 6.10 Å². The Morgan fingerprint density at radius 3 is 2.40 bits per heavy atom. The molecule has 62 valence electrons. The van der Waals surface area contributed by atoms with E-state index in [-0.39, 0.29) is 6.10 Å². The molecular formula is C8H19NO. The molecule has 0 heterocycles. The Kier molecular flexibility index (Phi) is 5.64. The second-order valence-electron chi connectivity index (χ2n) is 2.95. The molecule has 0 fully saturated rings. The molecule has 1 unspecified atom stereocenters. The first kappa shape index (κ1) is 9.92. The number of aliphatic hydroxyl groups is 1. The Labute approximate surface area is 63.6 Å². The summed E-state index contributed by atoms with van der Waals surface area (Å²) in [5.74, 6) is 0. The molecule has 0 aromatic rings. The molecule has 0 radical (unpaired) electrons. The molecule has 0 amide bonds. The van der Waals surface area contributed by atoms with E-state index in [1.807, 2.05) is 0 Å². The van der Waals surface area contributed by atoms with Gasteiger partial charge in [0.2, 0.25) is 0 Å². The highest BCUT2D eigenvalue weighted by Gasteiger charge is 2.00. The Morgan fingerprint density at radius 2 is 2.00 bits per heavy atom. The maximum Gasteiger partial charge on any atom is 0.0636 e. The Balaban J connectivity index is 3.12. The Morgan fingerprint density at radius 1 is 1.40 bits per heavy atom. The van der Waals surface area contributed by atoms with Crippen LogP contribution in [0, 0.1) is 0 Å². The van der Waals surface area contributed by atoms with Gasteiger partial charge in [-0.15, -0.1) is 0 Å². The van der Waals surface area contributed by atoms with Crippen molar-refractivity contribution in [2.45, 2.75) is 45.8 Å². The molecule has 0 rings (SSSR count). The number of aliphatic hydroxyl groups excluding tert-OH is 1. The van der Waals surface area contributed by atoms with E-state index in [2.05, 4.69) is 19.2 Å². The molecule has 0 aromatic carbocycles. The molecular weight excluding hydrogens is 126 g/mol. The fourth-order valence-electron chi connectivity index (χ4n) is 0.907. The van der Waals surface area contributed by atoms with Crippen LogP contribution in [0.15, 0.2) is 0 Å². The van der Waals surface area contributed by atoms with Gasteiger partial charge in [-0.1, -0.05) is 13.3 Å². The second-order valence-corrected chi connectivity index (χ2v) is 2.95. The van der Waals surface area contributed by atoms with E-state index in [0.717, 1.165) is 0 Å². The first-order valence-corrected chi connectivity index (χ1v) is 4.08. The highest BCUT2D eigenvalue weighted by atomic mass is 16.3. The van der Waals surface area contributed by atoms with E-state index in [1.54, 1.807) is 6.92 Å². The smallest absolute Gasteiger partial charge is 0.0636 e. The number of hydrogen-bond donors (Lipinski definition) is 2. The summed E-state index contributed by atoms with van der Waals surface area (Å²) in [5.41, 5.74) is 0. The molecule has 0 spiro atoms. The van der Waals surface area contributed by atoms with Gasteiger partial charge in [-0.05, 0) is 20.3 Å². The van der Waals surface area contributed by atoms with E-state index in [4.69, 9.17) is 5.11 Å². The van der Waals surface area contributed by atoms with Gasteiger partial charge in [-0.3, -0.25) is 0 Å². The number of hydrogen-bond acceptors (Lipinski definition) is 2. The van der Waals surface area contributed by atoms with Crippen LogP contribution in [0.3, 0.4) is 0 Å². The van der Waals surface area contributed by atoms with Crippen molar-refractivity contribution in [3.05, 3.63) is 0 Å². The van der Waals surface area contributed by atoms with E-state index < -0.39 is 0 Å². The van der Waals surface area contributed by atoms with Crippen LogP contribution in [-0.4, -0.2) is 23.8 Å². The molecule has 0 saturated heterocycles. The molecule has 0 bridgehead atoms. The Bertz CT molecular complexity index is 73.7. The predicted octanol–water partition coefficient (Wildman–Crippen LogP) is 1.15. The zero-order chi connectivity index (χ0) is 7.98. The highest BCUT2D eigenvalue weighted by Crippen LogP contribution is 1.94. The summed E-state index contributed by atoms with van der Waals surface area (Å²) in [6.07, 6.45) is 2.17. The average Bonchev–Trinajstić information content (AvgIpc) is 1.85. The fraction of sp³-hybridized carbons (Fsp3) is 1.00. The molecule has 10 heavy (non-hydrogen) atoms. The SMILES string of the molecule is CCCC(C)NC[C@H](C)O. The molecule has 0 aliphatic carbocycles. The predicted molar refractivity (Wildman–Crippen MR) is 44.1 cm³/mol. The van der Waals surface area contributed by atoms with Crippen LogP contribution in [0.1, 0.15) is 33.6 Å². The van der Waals surface area contributed by atoms with Gasteiger partial charge in [0.1, 0.15) is 0 Å². The normalized spacial score (nSPS) is 16.8. The third kappa shape index (κ3) is 6.05. The van der Waals surface area contributed by atoms with Crippen LogP contribution in [0.25, 0.3) is 0 Å². The van der Waals surface area contributed by atoms with E-state index >= 15 is 0 Å². The maximum atomic E-state index is 8.91. The molecule has 0 aromatic heterocycles. The first-order chi connectivity index (χ1) is 4.66. The summed E-state index contributed by atoms with van der Waals surface area (Å²) in [7, 11) is 0.